The predicted octanol–water partition coefficient (Wildman–Crippen LogP) is 5.22. The molecule has 0 aliphatic heterocycles. The predicted molar refractivity (Wildman–Crippen MR) is 102 cm³/mol. The van der Waals surface area contributed by atoms with Gasteiger partial charge in [-0.25, -0.2) is 0 Å². The summed E-state index contributed by atoms with van der Waals surface area (Å²) in [7, 11) is 0. The molecule has 0 radical (unpaired) electrons. The van der Waals surface area contributed by atoms with Crippen molar-refractivity contribution in [3.63, 3.8) is 0 Å². The lowest BCUT2D eigenvalue weighted by molar-refractivity contribution is -0.153. The number of esters is 2. The highest BCUT2D eigenvalue weighted by Crippen LogP contribution is 2.19. The van der Waals surface area contributed by atoms with Gasteiger partial charge in [-0.1, -0.05) is 52.8 Å². The van der Waals surface area contributed by atoms with Crippen LogP contribution in [0.4, 0.5) is 0 Å². The maximum atomic E-state index is 12.4. The van der Waals surface area contributed by atoms with Crippen LogP contribution in [0.2, 0.25) is 0 Å². The van der Waals surface area contributed by atoms with Crippen molar-refractivity contribution >= 4 is 11.9 Å². The van der Waals surface area contributed by atoms with Gasteiger partial charge < -0.3 is 9.47 Å². The van der Waals surface area contributed by atoms with Crippen LogP contribution in [0.3, 0.4) is 0 Å². The zero-order valence-corrected chi connectivity index (χ0v) is 16.6. The standard InChI is InChI=1S/C21H36O4/c1-7-12-18(11-5)24-21(23)17(10-4)14-15-19(13-8-2)25-20(22)16(6)9-3/h8,11,13,16-19H,5,7,9-10,12,14-15H2,1-4,6H3/b13-8+. The van der Waals surface area contributed by atoms with Gasteiger partial charge in [0.25, 0.3) is 0 Å². The molecule has 0 aromatic heterocycles. The average Bonchev–Trinajstić information content (AvgIpc) is 2.60. The van der Waals surface area contributed by atoms with Gasteiger partial charge in [-0.2, -0.15) is 0 Å². The number of carbonyl (C=O) groups is 2. The van der Waals surface area contributed by atoms with E-state index in [2.05, 4.69) is 13.5 Å². The van der Waals surface area contributed by atoms with Crippen LogP contribution in [-0.2, 0) is 19.1 Å². The van der Waals surface area contributed by atoms with Crippen molar-refractivity contribution in [3.8, 4) is 0 Å². The van der Waals surface area contributed by atoms with Crippen molar-refractivity contribution in [1.82, 2.24) is 0 Å². The van der Waals surface area contributed by atoms with Crippen LogP contribution in [0, 0.1) is 11.8 Å². The van der Waals surface area contributed by atoms with Crippen molar-refractivity contribution in [2.75, 3.05) is 0 Å². The monoisotopic (exact) mass is 352 g/mol. The van der Waals surface area contributed by atoms with E-state index in [1.807, 2.05) is 39.8 Å². The van der Waals surface area contributed by atoms with Crippen LogP contribution in [0.15, 0.2) is 24.8 Å². The first-order valence-corrected chi connectivity index (χ1v) is 9.59. The quantitative estimate of drug-likeness (QED) is 0.337. The second-order valence-corrected chi connectivity index (χ2v) is 6.49. The first-order chi connectivity index (χ1) is 11.9. The Morgan fingerprint density at radius 2 is 1.60 bits per heavy atom. The summed E-state index contributed by atoms with van der Waals surface area (Å²) in [5.41, 5.74) is 0. The second-order valence-electron chi connectivity index (χ2n) is 6.49. The second kappa shape index (κ2) is 13.7. The van der Waals surface area contributed by atoms with Crippen LogP contribution in [-0.4, -0.2) is 24.1 Å². The van der Waals surface area contributed by atoms with E-state index in [0.717, 1.165) is 19.3 Å². The Morgan fingerprint density at radius 3 is 2.08 bits per heavy atom. The molecule has 4 atom stereocenters. The number of hydrogen-bond donors (Lipinski definition) is 0. The molecule has 0 saturated carbocycles. The van der Waals surface area contributed by atoms with Crippen molar-refractivity contribution in [3.05, 3.63) is 24.8 Å². The Morgan fingerprint density at radius 1 is 0.960 bits per heavy atom. The van der Waals surface area contributed by atoms with Crippen LogP contribution < -0.4 is 0 Å². The van der Waals surface area contributed by atoms with Crippen molar-refractivity contribution in [2.45, 2.75) is 85.4 Å². The fourth-order valence-corrected chi connectivity index (χ4v) is 2.45. The molecule has 25 heavy (non-hydrogen) atoms. The minimum atomic E-state index is -0.292. The molecule has 0 amide bonds. The molecule has 0 bridgehead atoms. The molecule has 0 heterocycles. The molecule has 0 aromatic rings. The topological polar surface area (TPSA) is 52.6 Å². The first-order valence-electron chi connectivity index (χ1n) is 9.59. The van der Waals surface area contributed by atoms with E-state index in [1.165, 1.54) is 0 Å². The molecular formula is C21H36O4. The van der Waals surface area contributed by atoms with Crippen molar-refractivity contribution in [1.29, 1.82) is 0 Å². The zero-order chi connectivity index (χ0) is 19.2. The summed E-state index contributed by atoms with van der Waals surface area (Å²) >= 11 is 0. The lowest BCUT2D eigenvalue weighted by Crippen LogP contribution is -2.25. The number of allylic oxidation sites excluding steroid dienone is 1. The van der Waals surface area contributed by atoms with Crippen LogP contribution in [0.25, 0.3) is 0 Å². The highest BCUT2D eigenvalue weighted by molar-refractivity contribution is 5.73. The van der Waals surface area contributed by atoms with Gasteiger partial charge in [-0.3, -0.25) is 9.59 Å². The molecular weight excluding hydrogens is 316 g/mol. The number of rotatable bonds is 13. The molecule has 0 fully saturated rings. The Labute approximate surface area is 153 Å². The Hall–Kier alpha value is -1.58. The zero-order valence-electron chi connectivity index (χ0n) is 16.6. The van der Waals surface area contributed by atoms with Gasteiger partial charge in [-0.05, 0) is 45.1 Å². The molecule has 4 heteroatoms. The molecule has 0 spiro atoms. The highest BCUT2D eigenvalue weighted by atomic mass is 16.5. The molecule has 144 valence electrons. The van der Waals surface area contributed by atoms with Crippen molar-refractivity contribution < 1.29 is 19.1 Å². The van der Waals surface area contributed by atoms with Gasteiger partial charge in [0.1, 0.15) is 12.2 Å². The lowest BCUT2D eigenvalue weighted by Gasteiger charge is -2.21. The molecule has 0 aliphatic rings. The highest BCUT2D eigenvalue weighted by Gasteiger charge is 2.23. The number of carbonyl (C=O) groups excluding carboxylic acids is 2. The third kappa shape index (κ3) is 9.47. The summed E-state index contributed by atoms with van der Waals surface area (Å²) < 4.78 is 11.1. The molecule has 4 nitrogen and oxygen atoms in total. The van der Waals surface area contributed by atoms with Gasteiger partial charge in [0, 0.05) is 0 Å². The van der Waals surface area contributed by atoms with Gasteiger partial charge in [0.05, 0.1) is 11.8 Å². The first kappa shape index (κ1) is 23.4. The Bertz CT molecular complexity index is 428. The third-order valence-electron chi connectivity index (χ3n) is 4.42. The Balaban J connectivity index is 4.68. The Kier molecular flexibility index (Phi) is 12.8. The van der Waals surface area contributed by atoms with E-state index in [4.69, 9.17) is 9.47 Å². The van der Waals surface area contributed by atoms with Gasteiger partial charge in [-0.15, -0.1) is 0 Å². The number of hydrogen-bond acceptors (Lipinski definition) is 4. The summed E-state index contributed by atoms with van der Waals surface area (Å²) in [5, 5.41) is 0. The summed E-state index contributed by atoms with van der Waals surface area (Å²) in [5.74, 6) is -0.666. The third-order valence-corrected chi connectivity index (χ3v) is 4.42. The molecule has 0 aliphatic carbocycles. The van der Waals surface area contributed by atoms with Gasteiger partial charge >= 0.3 is 11.9 Å². The van der Waals surface area contributed by atoms with Gasteiger partial charge in [0.2, 0.25) is 0 Å². The number of ether oxygens (including phenoxy) is 2. The van der Waals surface area contributed by atoms with E-state index in [0.29, 0.717) is 19.3 Å². The maximum absolute atomic E-state index is 12.4. The summed E-state index contributed by atoms with van der Waals surface area (Å²) in [6.07, 6.45) is 9.37. The van der Waals surface area contributed by atoms with E-state index in [1.54, 1.807) is 6.08 Å². The summed E-state index contributed by atoms with van der Waals surface area (Å²) in [6, 6.07) is 0. The smallest absolute Gasteiger partial charge is 0.309 e. The fourth-order valence-electron chi connectivity index (χ4n) is 2.45. The molecule has 0 aromatic carbocycles. The normalized spacial score (nSPS) is 16.0. The lowest BCUT2D eigenvalue weighted by atomic mass is 9.98. The summed E-state index contributed by atoms with van der Waals surface area (Å²) in [6.45, 7) is 13.5. The van der Waals surface area contributed by atoms with Gasteiger partial charge in [0.15, 0.2) is 0 Å². The van der Waals surface area contributed by atoms with E-state index >= 15 is 0 Å². The maximum Gasteiger partial charge on any atom is 0.309 e. The largest absolute Gasteiger partial charge is 0.458 e. The minimum Gasteiger partial charge on any atom is -0.458 e. The molecule has 0 rings (SSSR count). The SMILES string of the molecule is C=CC(CCC)OC(=O)C(CC)CCC(/C=C/C)OC(=O)C(C)CC. The molecule has 0 N–H and O–H groups in total. The van der Waals surface area contributed by atoms with E-state index in [-0.39, 0.29) is 36.0 Å². The van der Waals surface area contributed by atoms with Crippen LogP contribution in [0.5, 0.6) is 0 Å². The minimum absolute atomic E-state index is 0.109. The fraction of sp³-hybridized carbons (Fsp3) is 0.714. The van der Waals surface area contributed by atoms with Crippen LogP contribution in [0.1, 0.15) is 73.1 Å². The summed E-state index contributed by atoms with van der Waals surface area (Å²) in [4.78, 5) is 24.4. The van der Waals surface area contributed by atoms with E-state index in [9.17, 15) is 9.59 Å². The average molecular weight is 353 g/mol. The van der Waals surface area contributed by atoms with E-state index < -0.39 is 0 Å². The van der Waals surface area contributed by atoms with Crippen molar-refractivity contribution in [2.24, 2.45) is 11.8 Å². The molecule has 0 saturated heterocycles. The molecule has 4 unspecified atom stereocenters. The van der Waals surface area contributed by atoms with Crippen LogP contribution >= 0.6 is 0 Å².